The Labute approximate surface area is 104 Å². The monoisotopic (exact) mass is 267 g/mol. The van der Waals surface area contributed by atoms with E-state index in [-0.39, 0.29) is 0 Å². The Morgan fingerprint density at radius 1 is 1.33 bits per heavy atom. The second kappa shape index (κ2) is 4.00. The van der Waals surface area contributed by atoms with Crippen molar-refractivity contribution < 1.29 is 5.21 Å². The molecule has 84 valence electrons. The molecule has 0 aromatic carbocycles. The molecule has 0 radical (unpaired) electrons. The summed E-state index contributed by atoms with van der Waals surface area (Å²) in [6, 6.07) is 0. The average Bonchev–Trinajstić information content (AvgIpc) is 2.09. The number of hydrogen-bond donors (Lipinski definition) is 1. The van der Waals surface area contributed by atoms with Crippen LogP contribution in [0, 0.1) is 5.41 Å². The van der Waals surface area contributed by atoms with Crippen molar-refractivity contribution >= 4 is 40.5 Å². The van der Waals surface area contributed by atoms with Gasteiger partial charge in [0.2, 0.25) is 3.79 Å². The third-order valence-corrected chi connectivity index (χ3v) is 3.96. The lowest BCUT2D eigenvalue weighted by Gasteiger charge is -2.37. The fourth-order valence-electron chi connectivity index (χ4n) is 1.50. The minimum Gasteiger partial charge on any atom is -0.410 e. The van der Waals surface area contributed by atoms with Crippen LogP contribution in [0.3, 0.4) is 0 Å². The van der Waals surface area contributed by atoms with Gasteiger partial charge in [-0.15, -0.1) is 0 Å². The maximum atomic E-state index is 8.76. The number of alkyl halides is 3. The zero-order valence-corrected chi connectivity index (χ0v) is 11.0. The molecule has 0 spiro atoms. The summed E-state index contributed by atoms with van der Waals surface area (Å²) in [7, 11) is 0. The van der Waals surface area contributed by atoms with E-state index in [1.165, 1.54) is 0 Å². The Balaban J connectivity index is 3.28. The van der Waals surface area contributed by atoms with Gasteiger partial charge in [0.25, 0.3) is 0 Å². The molecule has 1 rings (SSSR count). The van der Waals surface area contributed by atoms with Gasteiger partial charge < -0.3 is 5.21 Å². The zero-order valence-electron chi connectivity index (χ0n) is 8.68. The molecule has 1 unspecified atom stereocenters. The van der Waals surface area contributed by atoms with E-state index >= 15 is 0 Å². The molecule has 0 saturated carbocycles. The lowest BCUT2D eigenvalue weighted by molar-refractivity contribution is 0.319. The van der Waals surface area contributed by atoms with E-state index in [0.29, 0.717) is 5.71 Å². The number of rotatable bonds is 0. The molecule has 0 bridgehead atoms. The first-order valence-corrected chi connectivity index (χ1v) is 5.53. The van der Waals surface area contributed by atoms with Crippen LogP contribution in [0.2, 0.25) is 0 Å². The van der Waals surface area contributed by atoms with Gasteiger partial charge in [0, 0.05) is 0 Å². The maximum absolute atomic E-state index is 8.76. The number of oxime groups is 1. The van der Waals surface area contributed by atoms with Crippen LogP contribution in [0.1, 0.15) is 20.8 Å². The van der Waals surface area contributed by atoms with Gasteiger partial charge in [0.05, 0.1) is 5.41 Å². The van der Waals surface area contributed by atoms with E-state index < -0.39 is 9.21 Å². The molecule has 15 heavy (non-hydrogen) atoms. The largest absolute Gasteiger partial charge is 0.410 e. The first-order chi connectivity index (χ1) is 6.72. The molecule has 0 aromatic rings. The van der Waals surface area contributed by atoms with E-state index in [9.17, 15) is 0 Å². The Morgan fingerprint density at radius 3 is 2.27 bits per heavy atom. The van der Waals surface area contributed by atoms with E-state index in [4.69, 9.17) is 40.0 Å². The van der Waals surface area contributed by atoms with Crippen molar-refractivity contribution in [2.75, 3.05) is 0 Å². The Hall–Kier alpha value is -0.180. The molecule has 1 aliphatic carbocycles. The van der Waals surface area contributed by atoms with Gasteiger partial charge in [-0.1, -0.05) is 51.6 Å². The summed E-state index contributed by atoms with van der Waals surface area (Å²) in [5.74, 6) is 0. The van der Waals surface area contributed by atoms with Crippen LogP contribution >= 0.6 is 34.8 Å². The van der Waals surface area contributed by atoms with Crippen LogP contribution in [0.4, 0.5) is 0 Å². The Morgan fingerprint density at radius 2 is 1.87 bits per heavy atom. The first-order valence-electron chi connectivity index (χ1n) is 4.40. The number of hydrogen-bond acceptors (Lipinski definition) is 2. The molecule has 0 aliphatic heterocycles. The van der Waals surface area contributed by atoms with Crippen LogP contribution in [0.5, 0.6) is 0 Å². The van der Waals surface area contributed by atoms with E-state index in [2.05, 4.69) is 5.16 Å². The lowest BCUT2D eigenvalue weighted by atomic mass is 9.78. The minimum absolute atomic E-state index is 0.499. The van der Waals surface area contributed by atoms with Crippen LogP contribution in [-0.2, 0) is 0 Å². The molecule has 1 N–H and O–H groups in total. The molecule has 2 nitrogen and oxygen atoms in total. The van der Waals surface area contributed by atoms with Crippen molar-refractivity contribution in [3.05, 3.63) is 23.3 Å². The summed E-state index contributed by atoms with van der Waals surface area (Å²) >= 11 is 17.8. The molecule has 0 aromatic heterocycles. The smallest absolute Gasteiger partial charge is 0.202 e. The second-order valence-electron chi connectivity index (χ2n) is 3.84. The molecule has 0 amide bonds. The predicted molar refractivity (Wildman–Crippen MR) is 65.1 cm³/mol. The summed E-state index contributed by atoms with van der Waals surface area (Å²) in [6.07, 6.45) is 3.53. The maximum Gasteiger partial charge on any atom is 0.202 e. The number of halogens is 3. The highest BCUT2D eigenvalue weighted by molar-refractivity contribution is 6.68. The predicted octanol–water partition coefficient (Wildman–Crippen LogP) is 4.10. The second-order valence-corrected chi connectivity index (χ2v) is 6.12. The number of nitrogens with zero attached hydrogens (tertiary/aromatic N) is 1. The summed E-state index contributed by atoms with van der Waals surface area (Å²) in [5.41, 5.74) is 1.47. The lowest BCUT2D eigenvalue weighted by Crippen LogP contribution is -2.34. The van der Waals surface area contributed by atoms with E-state index in [1.807, 2.05) is 26.8 Å². The zero-order chi connectivity index (χ0) is 11.9. The van der Waals surface area contributed by atoms with Crippen molar-refractivity contribution in [3.63, 3.8) is 0 Å². The van der Waals surface area contributed by atoms with Gasteiger partial charge in [-0.2, -0.15) is 0 Å². The van der Waals surface area contributed by atoms with Gasteiger partial charge >= 0.3 is 0 Å². The quantitative estimate of drug-likeness (QED) is 0.400. The summed E-state index contributed by atoms with van der Waals surface area (Å²) in [4.78, 5) is 0. The fourth-order valence-corrected chi connectivity index (χ4v) is 2.11. The Bertz CT molecular complexity index is 365. The number of allylic oxidation sites excluding steroid dienone is 4. The Kier molecular flexibility index (Phi) is 3.44. The molecule has 1 atom stereocenters. The fraction of sp³-hybridized carbons (Fsp3) is 0.500. The van der Waals surface area contributed by atoms with Gasteiger partial charge in [-0.05, 0) is 32.4 Å². The molecule has 5 heteroatoms. The van der Waals surface area contributed by atoms with Crippen molar-refractivity contribution in [2.24, 2.45) is 10.6 Å². The van der Waals surface area contributed by atoms with Gasteiger partial charge in [-0.25, -0.2) is 0 Å². The molecule has 1 aliphatic rings. The highest BCUT2D eigenvalue weighted by atomic mass is 35.6. The highest BCUT2D eigenvalue weighted by Crippen LogP contribution is 2.51. The minimum atomic E-state index is -1.42. The van der Waals surface area contributed by atoms with Crippen LogP contribution in [0.25, 0.3) is 0 Å². The van der Waals surface area contributed by atoms with Gasteiger partial charge in [0.15, 0.2) is 0 Å². The van der Waals surface area contributed by atoms with Crippen molar-refractivity contribution in [1.29, 1.82) is 0 Å². The molecule has 0 fully saturated rings. The summed E-state index contributed by atoms with van der Waals surface area (Å²) in [6.45, 7) is 5.49. The van der Waals surface area contributed by atoms with Crippen LogP contribution in [0.15, 0.2) is 28.5 Å². The highest BCUT2D eigenvalue weighted by Gasteiger charge is 2.45. The SMILES string of the molecule is CC1=CC(C)(C(Cl)(Cl)Cl)C(C)=CC1=NO. The molecular formula is C10H12Cl3NO. The third kappa shape index (κ3) is 2.17. The van der Waals surface area contributed by atoms with E-state index in [0.717, 1.165) is 11.1 Å². The topological polar surface area (TPSA) is 32.6 Å². The normalized spacial score (nSPS) is 30.1. The standard InChI is InChI=1S/C10H12Cl3NO/c1-6-5-9(3,10(11,12)13)7(2)4-8(6)14-15/h4-5,15H,1-3H3. The van der Waals surface area contributed by atoms with Crippen LogP contribution < -0.4 is 0 Å². The van der Waals surface area contributed by atoms with Crippen LogP contribution in [-0.4, -0.2) is 14.7 Å². The summed E-state index contributed by atoms with van der Waals surface area (Å²) < 4.78 is -1.42. The van der Waals surface area contributed by atoms with Crippen molar-refractivity contribution in [1.82, 2.24) is 0 Å². The van der Waals surface area contributed by atoms with Crippen molar-refractivity contribution in [3.8, 4) is 0 Å². The van der Waals surface area contributed by atoms with E-state index in [1.54, 1.807) is 6.08 Å². The molecule has 0 heterocycles. The van der Waals surface area contributed by atoms with Gasteiger partial charge in [0.1, 0.15) is 5.71 Å². The van der Waals surface area contributed by atoms with Gasteiger partial charge in [-0.3, -0.25) is 0 Å². The molecule has 0 saturated heterocycles. The summed E-state index contributed by atoms with van der Waals surface area (Å²) in [5, 5.41) is 11.9. The first kappa shape index (κ1) is 12.9. The molecular weight excluding hydrogens is 256 g/mol. The van der Waals surface area contributed by atoms with Crippen molar-refractivity contribution in [2.45, 2.75) is 24.6 Å². The average molecular weight is 269 g/mol. The third-order valence-electron chi connectivity index (χ3n) is 2.78.